The van der Waals surface area contributed by atoms with Crippen LogP contribution in [0.1, 0.15) is 55.4 Å². The first-order valence-corrected chi connectivity index (χ1v) is 53.4. The SMILES string of the molecule is CC#N.CC#N.CC#N.CC#N.CCOCC.CCOCC.CN(C)CCN(C)C.CN(C)CCN(C)C.F[P-](F)(F)(F)(F)F.F[P-](F)(F)(F)(F)F.F[P-](F)(F)(F)(F)F.F[P-](F)(F)(F)(F)F.F[P-](F)(F)(F)(F)F.F[P-](F)(F)(F)(F)F.F[P-](F)(F)(F)(F)F.F[P-](F)(F)(F)(F)F.[Pd+2].[Pd+2].c1cc(-c2cc[n+](C[n+]3ccc(-c4ccncc4)cc3)cc2)ccn1.c1cc(-c2cc[n+](C[n+]3ccc(-c4ccncc4)cc3)cc2)ccn1. The Hall–Kier alpha value is -7.68. The summed E-state index contributed by atoms with van der Waals surface area (Å²) in [6.07, 6.45) is 31.3. The van der Waals surface area contributed by atoms with Crippen molar-refractivity contribution in [1.29, 1.82) is 21.0 Å². The Bertz CT molecular complexity index is 4240. The van der Waals surface area contributed by atoms with Crippen LogP contribution in [0.15, 0.2) is 196 Å². The molecule has 0 spiro atoms. The molecule has 0 aliphatic rings. The van der Waals surface area contributed by atoms with E-state index < -0.39 is 62.5 Å². The molecule has 18 nitrogen and oxygen atoms in total. The molecule has 0 aliphatic carbocycles. The number of rotatable bonds is 18. The van der Waals surface area contributed by atoms with E-state index in [2.05, 4.69) is 212 Å². The average Bonchev–Trinajstić information content (AvgIpc) is 0.812. The van der Waals surface area contributed by atoms with Gasteiger partial charge in [-0.2, -0.15) is 21.0 Å². The van der Waals surface area contributed by atoms with Crippen molar-refractivity contribution in [3.05, 3.63) is 196 Å². The first kappa shape index (κ1) is 163. The molecule has 8 aromatic rings. The van der Waals surface area contributed by atoms with Crippen LogP contribution >= 0.6 is 62.5 Å². The van der Waals surface area contributed by atoms with Crippen LogP contribution in [0, 0.1) is 45.3 Å². The summed E-state index contributed by atoms with van der Waals surface area (Å²) in [6.45, 7) is 23.2. The van der Waals surface area contributed by atoms with E-state index >= 15 is 0 Å². The molecule has 8 aromatic heterocycles. The van der Waals surface area contributed by atoms with Crippen molar-refractivity contribution in [2.24, 2.45) is 0 Å². The van der Waals surface area contributed by atoms with E-state index in [1.165, 1.54) is 72.2 Å². The van der Waals surface area contributed by atoms with Crippen LogP contribution in [0.25, 0.3) is 44.5 Å². The van der Waals surface area contributed by atoms with Crippen LogP contribution in [0.3, 0.4) is 0 Å². The molecular formula is C70H100F48N16O2P8Pd2. The molecule has 0 atom stereocenters. The Labute approximate surface area is 832 Å². The Morgan fingerprint density at radius 3 is 0.363 bits per heavy atom. The van der Waals surface area contributed by atoms with Crippen molar-refractivity contribution in [3.8, 4) is 68.8 Å². The number of pyridine rings is 8. The largest absolute Gasteiger partial charge is 2.00 e. The summed E-state index contributed by atoms with van der Waals surface area (Å²) < 4.78 is 492. The molecule has 0 unspecified atom stereocenters. The molecule has 0 fully saturated rings. The van der Waals surface area contributed by atoms with Gasteiger partial charge in [0.25, 0.3) is 0 Å². The zero-order valence-electron chi connectivity index (χ0n) is 77.9. The minimum Gasteiger partial charge on any atom is -0.265 e. The topological polar surface area (TPSA) is 194 Å². The molecule has 0 radical (unpaired) electrons. The van der Waals surface area contributed by atoms with Gasteiger partial charge in [-0.05, 0) is 177 Å². The standard InChI is InChI=1S/2C21H18N4.2C6H16N2.2C4H10O.4C2H3N.8F6P.2Pd/c2*1-9-22-10-2-18(1)20-5-13-24(14-6-20)17-25-15-7-21(8-16-25)19-3-11-23-12-4-19;2*1-7(2)5-6-8(3)4;2*1-3-5-4-2;4*1-2-3;8*1-7(2,3,4,5)6;;/h2*1-16H,17H2;2*5-6H2,1-4H3;2*3-4H2,1-2H3;4*1H3;;;;;;;;;;/q2*+2;;;;;;;;;8*-1;2*+2. The Morgan fingerprint density at radius 2 is 0.295 bits per heavy atom. The normalized spacial score (nSPS) is 14.5. The van der Waals surface area contributed by atoms with E-state index in [1.807, 2.05) is 126 Å². The van der Waals surface area contributed by atoms with Crippen molar-refractivity contribution in [3.63, 3.8) is 0 Å². The van der Waals surface area contributed by atoms with E-state index in [4.69, 9.17) is 30.5 Å². The monoisotopic (exact) mass is 2570 g/mol. The van der Waals surface area contributed by atoms with Gasteiger partial charge >= 0.3 is 318 Å². The number of halogens is 48. The molecule has 0 N–H and O–H groups in total. The van der Waals surface area contributed by atoms with Gasteiger partial charge in [-0.25, -0.2) is 0 Å². The maximum absolute atomic E-state index is 10.7. The Balaban J connectivity index is -0.000000137. The average molecular weight is 2570 g/mol. The fourth-order valence-corrected chi connectivity index (χ4v) is 6.74. The van der Waals surface area contributed by atoms with Gasteiger partial charge in [0.1, 0.15) is 0 Å². The van der Waals surface area contributed by atoms with Crippen LogP contribution in [-0.4, -0.2) is 149 Å². The fourth-order valence-electron chi connectivity index (χ4n) is 6.74. The second-order valence-corrected chi connectivity index (χ2v) is 42.3. The van der Waals surface area contributed by atoms with Crippen molar-refractivity contribution in [1.82, 2.24) is 39.5 Å². The summed E-state index contributed by atoms with van der Waals surface area (Å²) in [5.74, 6) is 0. The van der Waals surface area contributed by atoms with Gasteiger partial charge in [-0.15, -0.1) is 18.3 Å². The second-order valence-electron chi connectivity index (χ2n) is 27.0. The number of nitrogens with zero attached hydrogens (tertiary/aromatic N) is 16. The second kappa shape index (κ2) is 56.6. The van der Waals surface area contributed by atoms with Crippen LogP contribution in [-0.2, 0) is 63.7 Å². The van der Waals surface area contributed by atoms with E-state index in [0.717, 1.165) is 65.9 Å². The fraction of sp³-hybridized carbons (Fsp3) is 0.371. The number of aromatic nitrogens is 8. The van der Waals surface area contributed by atoms with Gasteiger partial charge < -0.3 is 29.1 Å². The zero-order chi connectivity index (χ0) is 117. The minimum atomic E-state index is -10.7. The Kier molecular flexibility index (Phi) is 63.4. The van der Waals surface area contributed by atoms with E-state index in [-0.39, 0.29) is 40.8 Å². The predicted octanol–water partition coefficient (Wildman–Crippen LogP) is 37.3. The van der Waals surface area contributed by atoms with Gasteiger partial charge in [0, 0.05) is 178 Å². The number of nitriles is 4. The maximum atomic E-state index is 9.87. The summed E-state index contributed by atoms with van der Waals surface area (Å²) >= 11 is 0. The third kappa shape index (κ3) is 238. The van der Waals surface area contributed by atoms with Crippen molar-refractivity contribution in [2.45, 2.75) is 68.7 Å². The van der Waals surface area contributed by atoms with E-state index in [0.29, 0.717) is 0 Å². The Morgan fingerprint density at radius 1 is 0.212 bits per heavy atom. The first-order chi connectivity index (χ1) is 62.1. The van der Waals surface area contributed by atoms with Crippen LogP contribution < -0.4 is 18.3 Å². The molecule has 8 heterocycles. The predicted molar refractivity (Wildman–Crippen MR) is 463 cm³/mol. The number of hydrogen-bond acceptors (Lipinski definition) is 14. The molecule has 0 bridgehead atoms. The number of hydrogen-bond donors (Lipinski definition) is 0. The first-order valence-electron chi connectivity index (χ1n) is 37.2. The summed E-state index contributed by atoms with van der Waals surface area (Å²) in [5, 5.41) is 29.3. The summed E-state index contributed by atoms with van der Waals surface area (Å²) in [7, 11) is -68.6. The van der Waals surface area contributed by atoms with Gasteiger partial charge in [-0.3, -0.25) is 19.9 Å². The summed E-state index contributed by atoms with van der Waals surface area (Å²) in [5.41, 5.74) is 9.47. The van der Waals surface area contributed by atoms with Gasteiger partial charge in [-0.1, -0.05) is 0 Å². The summed E-state index contributed by atoms with van der Waals surface area (Å²) in [4.78, 5) is 25.0. The van der Waals surface area contributed by atoms with Crippen LogP contribution in [0.2, 0.25) is 0 Å². The molecule has 76 heteroatoms. The molecule has 0 aromatic carbocycles. The molecule has 0 saturated carbocycles. The zero-order valence-corrected chi connectivity index (χ0v) is 88.1. The number of ether oxygens (including phenoxy) is 2. The summed E-state index contributed by atoms with van der Waals surface area (Å²) in [6, 6.07) is 40.2. The van der Waals surface area contributed by atoms with E-state index in [9.17, 15) is 201 Å². The third-order valence-corrected chi connectivity index (χ3v) is 11.1. The maximum Gasteiger partial charge on any atom is 2.00 e. The smallest absolute Gasteiger partial charge is 0.265 e. The molecule has 0 amide bonds. The van der Waals surface area contributed by atoms with Crippen molar-refractivity contribution < 1.29 is 270 Å². The molecule has 0 aliphatic heterocycles. The van der Waals surface area contributed by atoms with Crippen molar-refractivity contribution >= 4 is 62.5 Å². The minimum absolute atomic E-state index is 0. The van der Waals surface area contributed by atoms with E-state index in [1.54, 1.807) is 24.3 Å². The quantitative estimate of drug-likeness (QED) is 0.0341. The van der Waals surface area contributed by atoms with Gasteiger partial charge in [0.05, 0.1) is 24.3 Å². The number of likely N-dealkylation sites (N-methyl/N-ethyl adjacent to an activating group) is 4. The van der Waals surface area contributed by atoms with Crippen LogP contribution in [0.4, 0.5) is 201 Å². The molecular weight excluding hydrogens is 2470 g/mol. The third-order valence-electron chi connectivity index (χ3n) is 11.1. The van der Waals surface area contributed by atoms with Gasteiger partial charge in [0.2, 0.25) is 0 Å². The van der Waals surface area contributed by atoms with Crippen LogP contribution in [0.5, 0.6) is 0 Å². The molecule has 8 rings (SSSR count). The van der Waals surface area contributed by atoms with Gasteiger partial charge in [0.15, 0.2) is 49.6 Å². The molecule has 146 heavy (non-hydrogen) atoms. The molecule has 868 valence electrons. The molecule has 0 saturated heterocycles. The van der Waals surface area contributed by atoms with Crippen molar-refractivity contribution in [2.75, 3.05) is 109 Å².